The highest BCUT2D eigenvalue weighted by Crippen LogP contribution is 2.38. The van der Waals surface area contributed by atoms with Gasteiger partial charge in [0, 0.05) is 0 Å². The van der Waals surface area contributed by atoms with E-state index in [-0.39, 0.29) is 0 Å². The zero-order chi connectivity index (χ0) is 18.8. The van der Waals surface area contributed by atoms with E-state index in [1.165, 1.54) is 70.6 Å². The van der Waals surface area contributed by atoms with Crippen molar-refractivity contribution in [2.45, 2.75) is 98.3 Å². The lowest BCUT2D eigenvalue weighted by atomic mass is 9.71. The Morgan fingerprint density at radius 1 is 1.00 bits per heavy atom. The maximum absolute atomic E-state index is 2.52. The van der Waals surface area contributed by atoms with Gasteiger partial charge in [-0.15, -0.1) is 0 Å². The predicted octanol–water partition coefficient (Wildman–Crippen LogP) is 8.50. The molecule has 0 N–H and O–H groups in total. The zero-order valence-corrected chi connectivity index (χ0v) is 18.1. The van der Waals surface area contributed by atoms with Gasteiger partial charge in [-0.05, 0) is 100 Å². The van der Waals surface area contributed by atoms with Crippen LogP contribution in [0, 0.1) is 29.6 Å². The topological polar surface area (TPSA) is 0 Å². The lowest BCUT2D eigenvalue weighted by Crippen LogP contribution is -2.24. The fourth-order valence-corrected chi connectivity index (χ4v) is 4.71. The molecule has 0 radical (unpaired) electrons. The van der Waals surface area contributed by atoms with Crippen molar-refractivity contribution in [3.05, 3.63) is 36.0 Å². The summed E-state index contributed by atoms with van der Waals surface area (Å²) in [5, 5.41) is 0. The first-order chi connectivity index (χ1) is 12.6. The van der Waals surface area contributed by atoms with E-state index in [1.54, 1.807) is 5.57 Å². The standard InChI is InChI=1S/C26H44/c1-5-6-7-8-12-22(3)23(4)26-18-16-24(17-19-26)13-10-9-11-21(2)20-25-14-15-25/h6-7,9-10,14,21-24,26H,5,8,11-13,15-20H2,1-4H3. The highest BCUT2D eigenvalue weighted by molar-refractivity contribution is 5.21. The molecule has 0 heterocycles. The van der Waals surface area contributed by atoms with Crippen LogP contribution in [-0.2, 0) is 0 Å². The molecule has 0 aromatic carbocycles. The van der Waals surface area contributed by atoms with Crippen molar-refractivity contribution >= 4 is 0 Å². The molecule has 3 unspecified atom stereocenters. The Bertz CT molecular complexity index is 458. The van der Waals surface area contributed by atoms with E-state index in [9.17, 15) is 0 Å². The highest BCUT2D eigenvalue weighted by atomic mass is 14.3. The average molecular weight is 357 g/mol. The van der Waals surface area contributed by atoms with Crippen molar-refractivity contribution in [3.63, 3.8) is 0 Å². The summed E-state index contributed by atoms with van der Waals surface area (Å²) in [6.45, 7) is 9.63. The minimum Gasteiger partial charge on any atom is -0.0888 e. The van der Waals surface area contributed by atoms with Crippen LogP contribution in [-0.4, -0.2) is 0 Å². The fourth-order valence-electron chi connectivity index (χ4n) is 4.71. The lowest BCUT2D eigenvalue weighted by molar-refractivity contribution is 0.168. The largest absolute Gasteiger partial charge is 0.0888 e. The van der Waals surface area contributed by atoms with Gasteiger partial charge in [-0.1, -0.05) is 63.6 Å². The molecule has 0 bridgehead atoms. The highest BCUT2D eigenvalue weighted by Gasteiger charge is 2.27. The van der Waals surface area contributed by atoms with Crippen molar-refractivity contribution in [1.82, 2.24) is 0 Å². The molecule has 0 aromatic rings. The predicted molar refractivity (Wildman–Crippen MR) is 117 cm³/mol. The summed E-state index contributed by atoms with van der Waals surface area (Å²) in [6.07, 6.45) is 27.0. The molecular weight excluding hydrogens is 312 g/mol. The Balaban J connectivity index is 1.58. The molecule has 148 valence electrons. The number of rotatable bonds is 12. The summed E-state index contributed by atoms with van der Waals surface area (Å²) in [7, 11) is 0. The van der Waals surface area contributed by atoms with E-state index in [4.69, 9.17) is 0 Å². The maximum Gasteiger partial charge on any atom is -0.0136 e. The first kappa shape index (κ1) is 21.5. The van der Waals surface area contributed by atoms with Gasteiger partial charge in [0.2, 0.25) is 0 Å². The smallest absolute Gasteiger partial charge is 0.0136 e. The molecule has 1 saturated carbocycles. The fraction of sp³-hybridized carbons (Fsp3) is 0.769. The molecule has 2 rings (SSSR count). The van der Waals surface area contributed by atoms with Crippen LogP contribution in [0.4, 0.5) is 0 Å². The van der Waals surface area contributed by atoms with Gasteiger partial charge < -0.3 is 0 Å². The molecule has 0 saturated heterocycles. The molecule has 0 heteroatoms. The summed E-state index contributed by atoms with van der Waals surface area (Å²) in [5.41, 5.74) is 1.69. The van der Waals surface area contributed by atoms with E-state index < -0.39 is 0 Å². The summed E-state index contributed by atoms with van der Waals surface area (Å²) >= 11 is 0. The molecule has 0 aliphatic heterocycles. The molecule has 0 nitrogen and oxygen atoms in total. The molecule has 0 aromatic heterocycles. The molecule has 26 heavy (non-hydrogen) atoms. The van der Waals surface area contributed by atoms with Crippen LogP contribution in [0.25, 0.3) is 0 Å². The van der Waals surface area contributed by atoms with Crippen molar-refractivity contribution < 1.29 is 0 Å². The third-order valence-electron chi connectivity index (χ3n) is 7.00. The number of allylic oxidation sites excluding steroid dienone is 6. The second-order valence-corrected chi connectivity index (χ2v) is 9.39. The van der Waals surface area contributed by atoms with Gasteiger partial charge in [0.25, 0.3) is 0 Å². The molecule has 2 aliphatic rings. The molecule has 3 atom stereocenters. The Labute approximate surface area is 164 Å². The third-order valence-corrected chi connectivity index (χ3v) is 7.00. The van der Waals surface area contributed by atoms with Crippen molar-refractivity contribution in [2.75, 3.05) is 0 Å². The van der Waals surface area contributed by atoms with Crippen molar-refractivity contribution in [3.8, 4) is 0 Å². The van der Waals surface area contributed by atoms with Crippen LogP contribution >= 0.6 is 0 Å². The Morgan fingerprint density at radius 3 is 2.38 bits per heavy atom. The van der Waals surface area contributed by atoms with Crippen molar-refractivity contribution in [2.24, 2.45) is 29.6 Å². The number of hydrogen-bond donors (Lipinski definition) is 0. The molecule has 0 amide bonds. The van der Waals surface area contributed by atoms with Gasteiger partial charge in [0.05, 0.1) is 0 Å². The summed E-state index contributed by atoms with van der Waals surface area (Å²) in [5.74, 6) is 4.55. The maximum atomic E-state index is 2.52. The normalized spacial score (nSPS) is 26.8. The first-order valence-corrected chi connectivity index (χ1v) is 11.6. The second kappa shape index (κ2) is 11.8. The molecule has 2 aliphatic carbocycles. The van der Waals surface area contributed by atoms with Crippen molar-refractivity contribution in [1.29, 1.82) is 0 Å². The van der Waals surface area contributed by atoms with Gasteiger partial charge in [0.1, 0.15) is 0 Å². The van der Waals surface area contributed by atoms with Crippen LogP contribution in [0.2, 0.25) is 0 Å². The summed E-state index contributed by atoms with van der Waals surface area (Å²) < 4.78 is 0. The van der Waals surface area contributed by atoms with Crippen LogP contribution < -0.4 is 0 Å². The first-order valence-electron chi connectivity index (χ1n) is 11.6. The van der Waals surface area contributed by atoms with Crippen LogP contribution in [0.3, 0.4) is 0 Å². The quantitative estimate of drug-likeness (QED) is 0.307. The second-order valence-electron chi connectivity index (χ2n) is 9.39. The van der Waals surface area contributed by atoms with E-state index in [0.29, 0.717) is 0 Å². The average Bonchev–Trinajstić information content (AvgIpc) is 3.46. The van der Waals surface area contributed by atoms with Gasteiger partial charge in [0.15, 0.2) is 0 Å². The van der Waals surface area contributed by atoms with E-state index >= 15 is 0 Å². The SMILES string of the molecule is CCC=CCCC(C)C(C)C1CCC(CC=CCC(C)CC2=CC2)CC1. The van der Waals surface area contributed by atoms with Gasteiger partial charge >= 0.3 is 0 Å². The van der Waals surface area contributed by atoms with E-state index in [1.807, 2.05) is 0 Å². The molecular formula is C26H44. The monoisotopic (exact) mass is 356 g/mol. The van der Waals surface area contributed by atoms with Crippen LogP contribution in [0.1, 0.15) is 98.3 Å². The van der Waals surface area contributed by atoms with Gasteiger partial charge in [-0.25, -0.2) is 0 Å². The van der Waals surface area contributed by atoms with Crippen LogP contribution in [0.15, 0.2) is 36.0 Å². The summed E-state index contributed by atoms with van der Waals surface area (Å²) in [6, 6.07) is 0. The van der Waals surface area contributed by atoms with Gasteiger partial charge in [-0.2, -0.15) is 0 Å². The van der Waals surface area contributed by atoms with E-state index in [0.717, 1.165) is 29.6 Å². The van der Waals surface area contributed by atoms with Crippen LogP contribution in [0.5, 0.6) is 0 Å². The number of hydrogen-bond acceptors (Lipinski definition) is 0. The minimum absolute atomic E-state index is 0.838. The Hall–Kier alpha value is -0.780. The third kappa shape index (κ3) is 8.28. The summed E-state index contributed by atoms with van der Waals surface area (Å²) in [4.78, 5) is 0. The lowest BCUT2D eigenvalue weighted by Gasteiger charge is -2.35. The Morgan fingerprint density at radius 2 is 1.73 bits per heavy atom. The minimum atomic E-state index is 0.838. The van der Waals surface area contributed by atoms with Gasteiger partial charge in [-0.3, -0.25) is 0 Å². The van der Waals surface area contributed by atoms with E-state index in [2.05, 4.69) is 58.1 Å². The molecule has 1 fully saturated rings. The molecule has 0 spiro atoms. The zero-order valence-electron chi connectivity index (χ0n) is 18.1. The Kier molecular flexibility index (Phi) is 9.79.